The first-order chi connectivity index (χ1) is 28.4. The van der Waals surface area contributed by atoms with Gasteiger partial charge in [-0.25, -0.2) is 4.98 Å². The average molecular weight is 799 g/mol. The van der Waals surface area contributed by atoms with E-state index in [0.29, 0.717) is 103 Å². The lowest BCUT2D eigenvalue weighted by atomic mass is 10.0. The largest absolute Gasteiger partial charge is 0.491 e. The molecular weight excluding hydrogens is 748 g/mol. The fourth-order valence-electron chi connectivity index (χ4n) is 6.13. The number of ether oxygens (including phenoxy) is 7. The number of amides is 1. The Morgan fingerprint density at radius 2 is 1.34 bits per heavy atom. The summed E-state index contributed by atoms with van der Waals surface area (Å²) in [4.78, 5) is 56.5. The molecule has 0 radical (unpaired) electrons. The number of rotatable bonds is 28. The van der Waals surface area contributed by atoms with Crippen LogP contribution >= 0.6 is 0 Å². The number of carbonyl (C=O) groups excluding carboxylic acids is 4. The fourth-order valence-corrected chi connectivity index (χ4v) is 6.13. The maximum absolute atomic E-state index is 12.9. The third-order valence-electron chi connectivity index (χ3n) is 9.28. The number of likely N-dealkylation sites (N-methyl/N-ethyl adjacent to an activating group) is 1. The van der Waals surface area contributed by atoms with Crippen molar-refractivity contribution < 1.29 is 52.3 Å². The summed E-state index contributed by atoms with van der Waals surface area (Å²) in [6.07, 6.45) is 7.75. The molecule has 0 saturated carbocycles. The normalized spacial score (nSPS) is 11.8. The van der Waals surface area contributed by atoms with Gasteiger partial charge in [-0.05, 0) is 48.4 Å². The molecule has 0 saturated heterocycles. The number of hydrogen-bond donors (Lipinski definition) is 0. The number of hydrogen-bond acceptors (Lipinski definition) is 13. The van der Waals surface area contributed by atoms with Crippen molar-refractivity contribution in [1.82, 2.24) is 19.4 Å². The lowest BCUT2D eigenvalue weighted by Gasteiger charge is -2.24. The molecular formula is C43H50N4O11. The molecule has 0 N–H and O–H groups in total. The molecule has 3 heterocycles. The molecule has 3 aromatic heterocycles. The van der Waals surface area contributed by atoms with E-state index in [-0.39, 0.29) is 30.6 Å². The minimum absolute atomic E-state index is 0.131. The van der Waals surface area contributed by atoms with Gasteiger partial charge >= 0.3 is 0 Å². The minimum Gasteiger partial charge on any atom is -0.491 e. The van der Waals surface area contributed by atoms with Gasteiger partial charge in [-0.1, -0.05) is 12.1 Å². The van der Waals surface area contributed by atoms with Crippen LogP contribution < -0.4 is 9.47 Å². The zero-order valence-electron chi connectivity index (χ0n) is 32.9. The molecule has 1 atom stereocenters. The van der Waals surface area contributed by atoms with E-state index in [2.05, 4.69) is 39.8 Å². The molecule has 0 aliphatic carbocycles. The van der Waals surface area contributed by atoms with Gasteiger partial charge in [0.15, 0.2) is 6.29 Å². The summed E-state index contributed by atoms with van der Waals surface area (Å²) in [5.74, 6) is 0.437. The quantitative estimate of drug-likeness (QED) is 0.0503. The molecule has 15 nitrogen and oxygen atoms in total. The third-order valence-corrected chi connectivity index (χ3v) is 9.28. The number of aldehydes is 3. The summed E-state index contributed by atoms with van der Waals surface area (Å²) < 4.78 is 41.3. The standard InChI is InChI=1S/C43H50N4O11/c1-46(35(31-50)4-3-13-48)43(51)37-9-7-36(26-34(37)30-49)57-24-22-55-20-18-53-16-14-52-15-17-54-19-21-56-23-25-58-42-10-6-33(28-45-42)32-5-8-38-39-29-44-12-11-40(39)47(2)41(38)27-32/h5-13,26-31,35H,3-4,14-25H2,1-2H3. The van der Waals surface area contributed by atoms with Crippen molar-refractivity contribution in [2.24, 2.45) is 7.05 Å². The van der Waals surface area contributed by atoms with Crippen molar-refractivity contribution in [3.8, 4) is 22.8 Å². The summed E-state index contributed by atoms with van der Waals surface area (Å²) in [5, 5.41) is 2.31. The Balaban J connectivity index is 0.821. The van der Waals surface area contributed by atoms with Crippen molar-refractivity contribution >= 4 is 46.6 Å². The average Bonchev–Trinajstić information content (AvgIpc) is 3.54. The Morgan fingerprint density at radius 3 is 1.95 bits per heavy atom. The number of fused-ring (bicyclic) bond motifs is 3. The van der Waals surface area contributed by atoms with Crippen LogP contribution in [0.25, 0.3) is 32.9 Å². The number of benzene rings is 2. The highest BCUT2D eigenvalue weighted by molar-refractivity contribution is 6.08. The summed E-state index contributed by atoms with van der Waals surface area (Å²) in [6, 6.07) is 16.0. The molecule has 58 heavy (non-hydrogen) atoms. The van der Waals surface area contributed by atoms with Crippen LogP contribution in [0.1, 0.15) is 33.6 Å². The van der Waals surface area contributed by atoms with Crippen molar-refractivity contribution in [1.29, 1.82) is 0 Å². The monoisotopic (exact) mass is 798 g/mol. The second-order valence-electron chi connectivity index (χ2n) is 13.1. The Bertz CT molecular complexity index is 2070. The third kappa shape index (κ3) is 12.5. The molecule has 0 bridgehead atoms. The van der Waals surface area contributed by atoms with Gasteiger partial charge in [-0.2, -0.15) is 0 Å². The fraction of sp³-hybridized carbons (Fsp3) is 0.395. The molecule has 1 unspecified atom stereocenters. The lowest BCUT2D eigenvalue weighted by Crippen LogP contribution is -2.38. The number of pyridine rings is 2. The van der Waals surface area contributed by atoms with E-state index in [1.54, 1.807) is 6.07 Å². The zero-order valence-corrected chi connectivity index (χ0v) is 32.9. The van der Waals surface area contributed by atoms with Gasteiger partial charge in [0, 0.05) is 72.6 Å². The lowest BCUT2D eigenvalue weighted by molar-refractivity contribution is -0.112. The molecule has 15 heteroatoms. The Kier molecular flexibility index (Phi) is 17.7. The molecule has 0 spiro atoms. The molecule has 5 aromatic rings. The molecule has 0 fully saturated rings. The van der Waals surface area contributed by atoms with Crippen LogP contribution in [-0.2, 0) is 40.3 Å². The van der Waals surface area contributed by atoms with Gasteiger partial charge in [-0.3, -0.25) is 14.6 Å². The first-order valence-electron chi connectivity index (χ1n) is 19.1. The summed E-state index contributed by atoms with van der Waals surface area (Å²) in [7, 11) is 3.52. The van der Waals surface area contributed by atoms with Gasteiger partial charge in [0.2, 0.25) is 5.88 Å². The van der Waals surface area contributed by atoms with Crippen molar-refractivity contribution in [3.05, 3.63) is 84.3 Å². The highest BCUT2D eigenvalue weighted by Gasteiger charge is 2.23. The molecule has 308 valence electrons. The zero-order chi connectivity index (χ0) is 41.0. The Labute approximate surface area is 337 Å². The predicted molar refractivity (Wildman–Crippen MR) is 216 cm³/mol. The van der Waals surface area contributed by atoms with Crippen LogP contribution in [0.2, 0.25) is 0 Å². The van der Waals surface area contributed by atoms with Gasteiger partial charge < -0.3 is 52.2 Å². The number of aryl methyl sites for hydroxylation is 1. The van der Waals surface area contributed by atoms with Crippen LogP contribution in [0.15, 0.2) is 73.2 Å². The highest BCUT2D eigenvalue weighted by Crippen LogP contribution is 2.31. The molecule has 0 aliphatic rings. The topological polar surface area (TPSA) is 167 Å². The number of nitrogens with zero attached hydrogens (tertiary/aromatic N) is 4. The molecule has 2 aromatic carbocycles. The van der Waals surface area contributed by atoms with Crippen LogP contribution in [-0.4, -0.2) is 137 Å². The SMILES string of the molecule is CN(C(=O)c1ccc(OCCOCCOCCOCCOCCOCCOc2ccc(-c3ccc4c5cnccc5n(C)c4c3)cn2)cc1C=O)C(C=O)CCC=O. The second kappa shape index (κ2) is 23.6. The maximum atomic E-state index is 12.9. The van der Waals surface area contributed by atoms with Crippen molar-refractivity contribution in [2.75, 3.05) is 86.3 Å². The van der Waals surface area contributed by atoms with Crippen molar-refractivity contribution in [2.45, 2.75) is 18.9 Å². The predicted octanol–water partition coefficient (Wildman–Crippen LogP) is 4.76. The number of aromatic nitrogens is 3. The summed E-state index contributed by atoms with van der Waals surface area (Å²) in [5.41, 5.74) is 4.65. The van der Waals surface area contributed by atoms with E-state index >= 15 is 0 Å². The molecule has 0 aliphatic heterocycles. The number of carbonyl (C=O) groups is 4. The minimum atomic E-state index is -0.767. The van der Waals surface area contributed by atoms with Crippen LogP contribution in [0, 0.1) is 0 Å². The van der Waals surface area contributed by atoms with Gasteiger partial charge in [0.1, 0.15) is 31.5 Å². The summed E-state index contributed by atoms with van der Waals surface area (Å²) >= 11 is 0. The van der Waals surface area contributed by atoms with Crippen molar-refractivity contribution in [3.63, 3.8) is 0 Å². The van der Waals surface area contributed by atoms with Gasteiger partial charge in [0.25, 0.3) is 5.91 Å². The first kappa shape index (κ1) is 43.5. The van der Waals surface area contributed by atoms with E-state index in [9.17, 15) is 19.2 Å². The van der Waals surface area contributed by atoms with Crippen LogP contribution in [0.4, 0.5) is 0 Å². The molecule has 1 amide bonds. The van der Waals surface area contributed by atoms with Crippen LogP contribution in [0.3, 0.4) is 0 Å². The van der Waals surface area contributed by atoms with Crippen LogP contribution in [0.5, 0.6) is 11.6 Å². The van der Waals surface area contributed by atoms with Gasteiger partial charge in [-0.15, -0.1) is 0 Å². The van der Waals surface area contributed by atoms with E-state index in [4.69, 9.17) is 33.2 Å². The second-order valence-corrected chi connectivity index (χ2v) is 13.1. The van der Waals surface area contributed by atoms with E-state index in [1.165, 1.54) is 29.5 Å². The van der Waals surface area contributed by atoms with E-state index < -0.39 is 11.9 Å². The molecule has 5 rings (SSSR count). The highest BCUT2D eigenvalue weighted by atomic mass is 16.6. The Morgan fingerprint density at radius 1 is 0.707 bits per heavy atom. The Hall–Kier alpha value is -5.58. The van der Waals surface area contributed by atoms with E-state index in [1.807, 2.05) is 36.8 Å². The first-order valence-corrected chi connectivity index (χ1v) is 19.1. The smallest absolute Gasteiger partial charge is 0.254 e. The summed E-state index contributed by atoms with van der Waals surface area (Å²) in [6.45, 7) is 4.67. The van der Waals surface area contributed by atoms with Gasteiger partial charge in [0.05, 0.1) is 83.2 Å². The maximum Gasteiger partial charge on any atom is 0.254 e. The van der Waals surface area contributed by atoms with E-state index in [0.717, 1.165) is 27.5 Å².